The molecule has 0 saturated heterocycles. The van der Waals surface area contributed by atoms with Gasteiger partial charge in [-0.05, 0) is 64.7 Å². The third-order valence-electron chi connectivity index (χ3n) is 3.17. The lowest BCUT2D eigenvalue weighted by Gasteiger charge is -2.09. The Morgan fingerprint density at radius 2 is 1.10 bits per heavy atom. The molecule has 0 atom stereocenters. The van der Waals surface area contributed by atoms with Crippen molar-refractivity contribution in [3.63, 3.8) is 0 Å². The molecule has 1 aromatic carbocycles. The third kappa shape index (κ3) is 2.52. The van der Waals surface area contributed by atoms with Gasteiger partial charge in [0.25, 0.3) is 0 Å². The normalized spacial score (nSPS) is 10.2. The molecule has 0 fully saturated rings. The Hall–Kier alpha value is -2.68. The van der Waals surface area contributed by atoms with Crippen molar-refractivity contribution in [3.05, 3.63) is 67.3 Å². The molecule has 98 valence electrons. The van der Waals surface area contributed by atoms with Gasteiger partial charge >= 0.3 is 0 Å². The molecule has 0 radical (unpaired) electrons. The maximum Gasteiger partial charge on any atom is 0.120 e. The molecular weight excluding hydrogens is 248 g/mol. The third-order valence-corrected chi connectivity index (χ3v) is 3.17. The zero-order chi connectivity index (χ0) is 13.8. The molecule has 3 heteroatoms. The van der Waals surface area contributed by atoms with Crippen LogP contribution >= 0.6 is 0 Å². The van der Waals surface area contributed by atoms with E-state index >= 15 is 0 Å². The molecule has 20 heavy (non-hydrogen) atoms. The van der Waals surface area contributed by atoms with Crippen LogP contribution in [0.2, 0.25) is 0 Å². The summed E-state index contributed by atoms with van der Waals surface area (Å²) in [6.07, 6.45) is 7.17. The maximum absolute atomic E-state index is 5.41. The van der Waals surface area contributed by atoms with Crippen molar-refractivity contribution in [2.45, 2.75) is 0 Å². The topological polar surface area (TPSA) is 35.0 Å². The Labute approximate surface area is 117 Å². The molecule has 0 aliphatic carbocycles. The summed E-state index contributed by atoms with van der Waals surface area (Å²) < 4.78 is 5.41. The summed E-state index contributed by atoms with van der Waals surface area (Å²) in [5.74, 6) is 0.839. The van der Waals surface area contributed by atoms with Gasteiger partial charge < -0.3 is 4.74 Å². The SMILES string of the molecule is COc1cc(-c2ccncc2)cc(-c2ccncc2)c1. The first kappa shape index (κ1) is 12.4. The second-order valence-corrected chi connectivity index (χ2v) is 4.42. The monoisotopic (exact) mass is 262 g/mol. The van der Waals surface area contributed by atoms with Gasteiger partial charge in [-0.3, -0.25) is 9.97 Å². The number of ether oxygens (including phenoxy) is 1. The van der Waals surface area contributed by atoms with E-state index in [0.717, 1.165) is 28.0 Å². The summed E-state index contributed by atoms with van der Waals surface area (Å²) >= 11 is 0. The minimum absolute atomic E-state index is 0.839. The summed E-state index contributed by atoms with van der Waals surface area (Å²) in [6, 6.07) is 14.2. The van der Waals surface area contributed by atoms with Crippen LogP contribution in [0.4, 0.5) is 0 Å². The predicted octanol–water partition coefficient (Wildman–Crippen LogP) is 3.82. The highest BCUT2D eigenvalue weighted by molar-refractivity contribution is 5.74. The molecule has 3 aromatic rings. The zero-order valence-electron chi connectivity index (χ0n) is 11.2. The number of hydrogen-bond donors (Lipinski definition) is 0. The fraction of sp³-hybridized carbons (Fsp3) is 0.0588. The molecule has 0 aliphatic heterocycles. The number of benzene rings is 1. The van der Waals surface area contributed by atoms with E-state index in [4.69, 9.17) is 4.74 Å². The number of methoxy groups -OCH3 is 1. The van der Waals surface area contributed by atoms with Gasteiger partial charge in [-0.1, -0.05) is 0 Å². The van der Waals surface area contributed by atoms with Gasteiger partial charge in [-0.25, -0.2) is 0 Å². The summed E-state index contributed by atoms with van der Waals surface area (Å²) in [4.78, 5) is 8.11. The number of pyridine rings is 2. The Bertz CT molecular complexity index is 639. The molecule has 0 saturated carbocycles. The van der Waals surface area contributed by atoms with Gasteiger partial charge in [-0.2, -0.15) is 0 Å². The van der Waals surface area contributed by atoms with Crippen LogP contribution in [0, 0.1) is 0 Å². The van der Waals surface area contributed by atoms with Crippen molar-refractivity contribution in [2.24, 2.45) is 0 Å². The smallest absolute Gasteiger partial charge is 0.120 e. The lowest BCUT2D eigenvalue weighted by Crippen LogP contribution is -1.88. The van der Waals surface area contributed by atoms with Gasteiger partial charge in [0, 0.05) is 24.8 Å². The van der Waals surface area contributed by atoms with Crippen molar-refractivity contribution < 1.29 is 4.74 Å². The highest BCUT2D eigenvalue weighted by Crippen LogP contribution is 2.30. The average molecular weight is 262 g/mol. The van der Waals surface area contributed by atoms with Crippen LogP contribution in [-0.4, -0.2) is 17.1 Å². The maximum atomic E-state index is 5.41. The van der Waals surface area contributed by atoms with Crippen LogP contribution < -0.4 is 4.74 Å². The van der Waals surface area contributed by atoms with E-state index in [2.05, 4.69) is 16.0 Å². The first-order valence-corrected chi connectivity index (χ1v) is 6.37. The first-order valence-electron chi connectivity index (χ1n) is 6.37. The van der Waals surface area contributed by atoms with Crippen LogP contribution in [0.15, 0.2) is 67.3 Å². The molecule has 0 spiro atoms. The number of nitrogens with zero attached hydrogens (tertiary/aromatic N) is 2. The molecule has 0 aliphatic rings. The van der Waals surface area contributed by atoms with E-state index in [9.17, 15) is 0 Å². The number of aromatic nitrogens is 2. The highest BCUT2D eigenvalue weighted by Gasteiger charge is 2.05. The van der Waals surface area contributed by atoms with E-state index < -0.39 is 0 Å². The molecule has 0 unspecified atom stereocenters. The molecule has 2 heterocycles. The Morgan fingerprint density at radius 3 is 1.50 bits per heavy atom. The molecule has 3 nitrogen and oxygen atoms in total. The lowest BCUT2D eigenvalue weighted by atomic mass is 10.00. The Balaban J connectivity index is 2.13. The molecular formula is C17H14N2O. The quantitative estimate of drug-likeness (QED) is 0.719. The van der Waals surface area contributed by atoms with Gasteiger partial charge in [0.1, 0.15) is 5.75 Å². The summed E-state index contributed by atoms with van der Waals surface area (Å²) in [5, 5.41) is 0. The predicted molar refractivity (Wildman–Crippen MR) is 79.5 cm³/mol. The summed E-state index contributed by atoms with van der Waals surface area (Å²) in [7, 11) is 1.68. The van der Waals surface area contributed by atoms with Gasteiger partial charge in [-0.15, -0.1) is 0 Å². The molecule has 2 aromatic heterocycles. The van der Waals surface area contributed by atoms with Crippen LogP contribution in [0.1, 0.15) is 0 Å². The fourth-order valence-electron chi connectivity index (χ4n) is 2.14. The van der Waals surface area contributed by atoms with Crippen LogP contribution in [0.25, 0.3) is 22.3 Å². The van der Waals surface area contributed by atoms with E-state index in [1.165, 1.54) is 0 Å². The van der Waals surface area contributed by atoms with Crippen LogP contribution in [0.3, 0.4) is 0 Å². The molecule has 0 bridgehead atoms. The van der Waals surface area contributed by atoms with Crippen LogP contribution in [0.5, 0.6) is 5.75 Å². The van der Waals surface area contributed by atoms with E-state index in [1.807, 2.05) is 36.4 Å². The van der Waals surface area contributed by atoms with Gasteiger partial charge in [0.05, 0.1) is 7.11 Å². The van der Waals surface area contributed by atoms with Crippen molar-refractivity contribution in [3.8, 4) is 28.0 Å². The minimum atomic E-state index is 0.839. The second-order valence-electron chi connectivity index (χ2n) is 4.42. The van der Waals surface area contributed by atoms with Crippen molar-refractivity contribution in [1.82, 2.24) is 9.97 Å². The second kappa shape index (κ2) is 5.53. The first-order chi connectivity index (χ1) is 9.86. The van der Waals surface area contributed by atoms with Crippen molar-refractivity contribution >= 4 is 0 Å². The summed E-state index contributed by atoms with van der Waals surface area (Å²) in [6.45, 7) is 0. The largest absolute Gasteiger partial charge is 0.497 e. The Kier molecular flexibility index (Phi) is 3.42. The number of rotatable bonds is 3. The van der Waals surface area contributed by atoms with Gasteiger partial charge in [0.2, 0.25) is 0 Å². The van der Waals surface area contributed by atoms with E-state index in [0.29, 0.717) is 0 Å². The molecule has 0 amide bonds. The van der Waals surface area contributed by atoms with Crippen LogP contribution in [-0.2, 0) is 0 Å². The molecule has 0 N–H and O–H groups in total. The zero-order valence-corrected chi connectivity index (χ0v) is 11.2. The Morgan fingerprint density at radius 1 is 0.650 bits per heavy atom. The number of hydrogen-bond acceptors (Lipinski definition) is 3. The average Bonchev–Trinajstić information content (AvgIpc) is 2.56. The van der Waals surface area contributed by atoms with E-state index in [1.54, 1.807) is 31.9 Å². The van der Waals surface area contributed by atoms with Crippen molar-refractivity contribution in [1.29, 1.82) is 0 Å². The van der Waals surface area contributed by atoms with Crippen molar-refractivity contribution in [2.75, 3.05) is 7.11 Å². The fourth-order valence-corrected chi connectivity index (χ4v) is 2.14. The summed E-state index contributed by atoms with van der Waals surface area (Å²) in [5.41, 5.74) is 4.46. The van der Waals surface area contributed by atoms with Gasteiger partial charge in [0.15, 0.2) is 0 Å². The molecule has 3 rings (SSSR count). The lowest BCUT2D eigenvalue weighted by molar-refractivity contribution is 0.415. The standard InChI is InChI=1S/C17H14N2O/c1-20-17-11-15(13-2-6-18-7-3-13)10-16(12-17)14-4-8-19-9-5-14/h2-12H,1H3. The van der Waals surface area contributed by atoms with E-state index in [-0.39, 0.29) is 0 Å². The highest BCUT2D eigenvalue weighted by atomic mass is 16.5. The minimum Gasteiger partial charge on any atom is -0.497 e.